The molecule has 25 heavy (non-hydrogen) atoms. The van der Waals surface area contributed by atoms with E-state index in [1.54, 1.807) is 11.3 Å². The number of thiazole rings is 1. The zero-order valence-electron chi connectivity index (χ0n) is 14.3. The van der Waals surface area contributed by atoms with Crippen molar-refractivity contribution < 1.29 is 5.11 Å². The van der Waals surface area contributed by atoms with Gasteiger partial charge in [-0.25, -0.2) is 4.98 Å². The van der Waals surface area contributed by atoms with Gasteiger partial charge in [-0.05, 0) is 18.6 Å². The first kappa shape index (κ1) is 16.4. The number of fused-ring (bicyclic) bond motifs is 1. The van der Waals surface area contributed by atoms with E-state index in [9.17, 15) is 5.11 Å². The van der Waals surface area contributed by atoms with Crippen molar-refractivity contribution in [2.24, 2.45) is 0 Å². The van der Waals surface area contributed by atoms with Crippen LogP contribution in [0.2, 0.25) is 0 Å². The van der Waals surface area contributed by atoms with Crippen LogP contribution in [0.4, 0.5) is 0 Å². The lowest BCUT2D eigenvalue weighted by Gasteiger charge is -2.26. The highest BCUT2D eigenvalue weighted by molar-refractivity contribution is 7.09. The van der Waals surface area contributed by atoms with Crippen LogP contribution in [0.5, 0.6) is 0 Å². The van der Waals surface area contributed by atoms with Crippen LogP contribution in [-0.2, 0) is 26.1 Å². The monoisotopic (exact) mass is 354 g/mol. The number of benzene rings is 1. The topological polar surface area (TPSA) is 54.2 Å². The minimum absolute atomic E-state index is 0.560. The molecule has 0 spiro atoms. The number of hydrogen-bond donors (Lipinski definition) is 1. The summed E-state index contributed by atoms with van der Waals surface area (Å²) in [5.74, 6) is 0. The molecule has 1 atom stereocenters. The van der Waals surface area contributed by atoms with E-state index in [1.807, 2.05) is 46.6 Å². The van der Waals surface area contributed by atoms with Gasteiger partial charge in [-0.3, -0.25) is 9.58 Å². The van der Waals surface area contributed by atoms with Crippen LogP contribution >= 0.6 is 11.3 Å². The van der Waals surface area contributed by atoms with Crippen molar-refractivity contribution in [3.05, 3.63) is 69.4 Å². The van der Waals surface area contributed by atoms with Crippen LogP contribution in [0.1, 0.15) is 33.6 Å². The van der Waals surface area contributed by atoms with Crippen molar-refractivity contribution in [1.29, 1.82) is 0 Å². The number of aromatic nitrogens is 3. The first-order valence-electron chi connectivity index (χ1n) is 8.59. The third-order valence-electron chi connectivity index (χ3n) is 4.73. The second-order valence-electron chi connectivity index (χ2n) is 6.56. The first-order valence-corrected chi connectivity index (χ1v) is 9.47. The van der Waals surface area contributed by atoms with E-state index >= 15 is 0 Å². The predicted octanol–water partition coefficient (Wildman–Crippen LogP) is 2.94. The predicted molar refractivity (Wildman–Crippen MR) is 98.3 cm³/mol. The van der Waals surface area contributed by atoms with Gasteiger partial charge in [0, 0.05) is 30.9 Å². The molecule has 3 heterocycles. The van der Waals surface area contributed by atoms with E-state index in [0.717, 1.165) is 37.4 Å². The van der Waals surface area contributed by atoms with Crippen LogP contribution in [0, 0.1) is 6.92 Å². The highest BCUT2D eigenvalue weighted by atomic mass is 32.1. The Morgan fingerprint density at radius 1 is 1.24 bits per heavy atom. The Hall–Kier alpha value is -2.02. The second kappa shape index (κ2) is 7.07. The molecule has 4 rings (SSSR count). The third kappa shape index (κ3) is 3.66. The maximum Gasteiger partial charge on any atom is 0.102 e. The van der Waals surface area contributed by atoms with E-state index < -0.39 is 6.10 Å². The standard InChI is InChI=1S/C19H22N4OS/c1-14-18(20-13-25-14)12-22-7-8-23-16(11-22)10-17(21-23)19(24)9-15-5-3-2-4-6-15/h2-6,10,13,19,24H,7-9,11-12H2,1H3. The van der Waals surface area contributed by atoms with E-state index in [4.69, 9.17) is 0 Å². The molecule has 0 amide bonds. The number of aryl methyl sites for hydroxylation is 1. The van der Waals surface area contributed by atoms with Crippen molar-refractivity contribution in [2.45, 2.75) is 39.1 Å². The molecule has 0 fully saturated rings. The fourth-order valence-electron chi connectivity index (χ4n) is 3.27. The van der Waals surface area contributed by atoms with Crippen molar-refractivity contribution in [1.82, 2.24) is 19.7 Å². The quantitative estimate of drug-likeness (QED) is 0.765. The average Bonchev–Trinajstić information content (AvgIpc) is 3.22. The summed E-state index contributed by atoms with van der Waals surface area (Å²) in [5.41, 5.74) is 6.15. The van der Waals surface area contributed by atoms with Gasteiger partial charge in [0.15, 0.2) is 0 Å². The number of aliphatic hydroxyl groups is 1. The molecule has 0 aliphatic carbocycles. The summed E-state index contributed by atoms with van der Waals surface area (Å²) in [6.45, 7) is 5.67. The molecule has 1 aliphatic heterocycles. The molecule has 0 saturated heterocycles. The Kier molecular flexibility index (Phi) is 4.65. The molecule has 1 unspecified atom stereocenters. The molecule has 1 aromatic carbocycles. The zero-order valence-corrected chi connectivity index (χ0v) is 15.1. The molecule has 3 aromatic rings. The third-order valence-corrected chi connectivity index (χ3v) is 5.53. The van der Waals surface area contributed by atoms with Gasteiger partial charge in [0.1, 0.15) is 6.10 Å². The van der Waals surface area contributed by atoms with Gasteiger partial charge in [0.2, 0.25) is 0 Å². The molecule has 130 valence electrons. The molecule has 0 bridgehead atoms. The summed E-state index contributed by atoms with van der Waals surface area (Å²) >= 11 is 1.70. The Labute approximate surface area is 151 Å². The highest BCUT2D eigenvalue weighted by Gasteiger charge is 2.22. The zero-order chi connectivity index (χ0) is 17.2. The summed E-state index contributed by atoms with van der Waals surface area (Å²) in [6, 6.07) is 12.1. The summed E-state index contributed by atoms with van der Waals surface area (Å²) in [4.78, 5) is 8.15. The number of nitrogens with zero attached hydrogens (tertiary/aromatic N) is 4. The maximum absolute atomic E-state index is 10.5. The molecule has 1 aliphatic rings. The molecule has 2 aromatic heterocycles. The number of hydrogen-bond acceptors (Lipinski definition) is 5. The van der Waals surface area contributed by atoms with Gasteiger partial charge >= 0.3 is 0 Å². The maximum atomic E-state index is 10.5. The van der Waals surface area contributed by atoms with E-state index in [2.05, 4.69) is 21.9 Å². The Morgan fingerprint density at radius 3 is 2.84 bits per heavy atom. The van der Waals surface area contributed by atoms with Crippen LogP contribution in [-0.4, -0.2) is 31.3 Å². The van der Waals surface area contributed by atoms with Gasteiger partial charge in [0.05, 0.1) is 29.1 Å². The molecule has 1 N–H and O–H groups in total. The van der Waals surface area contributed by atoms with Gasteiger partial charge in [-0.1, -0.05) is 30.3 Å². The Bertz CT molecular complexity index is 842. The van der Waals surface area contributed by atoms with Crippen LogP contribution in [0.15, 0.2) is 41.9 Å². The molecule has 5 nitrogen and oxygen atoms in total. The fraction of sp³-hybridized carbons (Fsp3) is 0.368. The minimum Gasteiger partial charge on any atom is -0.386 e. The van der Waals surface area contributed by atoms with Crippen molar-refractivity contribution in [2.75, 3.05) is 6.54 Å². The van der Waals surface area contributed by atoms with Crippen molar-refractivity contribution in [3.63, 3.8) is 0 Å². The normalized spacial score (nSPS) is 15.9. The molecule has 0 saturated carbocycles. The Balaban J connectivity index is 1.44. The summed E-state index contributed by atoms with van der Waals surface area (Å²) in [6.07, 6.45) is 0.0358. The highest BCUT2D eigenvalue weighted by Crippen LogP contribution is 2.23. The summed E-state index contributed by atoms with van der Waals surface area (Å²) < 4.78 is 2.04. The molecular formula is C19H22N4OS. The van der Waals surface area contributed by atoms with Crippen LogP contribution in [0.3, 0.4) is 0 Å². The summed E-state index contributed by atoms with van der Waals surface area (Å²) in [7, 11) is 0. The van der Waals surface area contributed by atoms with Crippen LogP contribution in [0.25, 0.3) is 0 Å². The number of rotatable bonds is 5. The largest absolute Gasteiger partial charge is 0.386 e. The summed E-state index contributed by atoms with van der Waals surface area (Å²) in [5, 5.41) is 15.2. The molecule has 0 radical (unpaired) electrons. The lowest BCUT2D eigenvalue weighted by atomic mass is 10.1. The lowest BCUT2D eigenvalue weighted by Crippen LogP contribution is -2.33. The van der Waals surface area contributed by atoms with Gasteiger partial charge in [-0.15, -0.1) is 11.3 Å². The minimum atomic E-state index is -0.560. The van der Waals surface area contributed by atoms with Gasteiger partial charge < -0.3 is 5.11 Å². The van der Waals surface area contributed by atoms with E-state index in [-0.39, 0.29) is 0 Å². The van der Waals surface area contributed by atoms with Gasteiger partial charge in [0.25, 0.3) is 0 Å². The average molecular weight is 354 g/mol. The SMILES string of the molecule is Cc1scnc1CN1CCn2nc(C(O)Cc3ccccc3)cc2C1. The molecule has 6 heteroatoms. The molecular weight excluding hydrogens is 332 g/mol. The first-order chi connectivity index (χ1) is 12.2. The van der Waals surface area contributed by atoms with Crippen molar-refractivity contribution in [3.8, 4) is 0 Å². The lowest BCUT2D eigenvalue weighted by molar-refractivity contribution is 0.171. The van der Waals surface area contributed by atoms with Crippen LogP contribution < -0.4 is 0 Å². The van der Waals surface area contributed by atoms with Crippen molar-refractivity contribution >= 4 is 11.3 Å². The van der Waals surface area contributed by atoms with Gasteiger partial charge in [-0.2, -0.15) is 5.10 Å². The second-order valence-corrected chi connectivity index (χ2v) is 7.61. The van der Waals surface area contributed by atoms with E-state index in [1.165, 1.54) is 16.3 Å². The van der Waals surface area contributed by atoms with E-state index in [0.29, 0.717) is 6.42 Å². The smallest absolute Gasteiger partial charge is 0.102 e. The Morgan fingerprint density at radius 2 is 2.08 bits per heavy atom. The fourth-order valence-corrected chi connectivity index (χ4v) is 3.87. The number of aliphatic hydroxyl groups excluding tert-OH is 1.